The van der Waals surface area contributed by atoms with Crippen LogP contribution in [0.3, 0.4) is 0 Å². The van der Waals surface area contributed by atoms with Crippen LogP contribution in [0.1, 0.15) is 21.5 Å². The number of rotatable bonds is 8. The Balaban J connectivity index is 1.35. The second-order valence-electron chi connectivity index (χ2n) is 7.78. The van der Waals surface area contributed by atoms with Crippen molar-refractivity contribution in [1.29, 1.82) is 0 Å². The first-order valence-electron chi connectivity index (χ1n) is 10.9. The monoisotopic (exact) mass is 468 g/mol. The van der Waals surface area contributed by atoms with Gasteiger partial charge in [-0.1, -0.05) is 42.5 Å². The summed E-state index contributed by atoms with van der Waals surface area (Å²) in [6.07, 6.45) is 1.41. The highest BCUT2D eigenvalue weighted by atomic mass is 32.2. The normalized spacial score (nSPS) is 14.5. The zero-order chi connectivity index (χ0) is 23.0. The lowest BCUT2D eigenvalue weighted by molar-refractivity contribution is 0.0947. The molecule has 33 heavy (non-hydrogen) atoms. The third-order valence-electron chi connectivity index (χ3n) is 5.66. The van der Waals surface area contributed by atoms with Gasteiger partial charge in [-0.25, -0.2) is 4.98 Å². The van der Waals surface area contributed by atoms with Crippen molar-refractivity contribution in [2.24, 2.45) is 0 Å². The smallest absolute Gasteiger partial charge is 0.290 e. The zero-order valence-electron chi connectivity index (χ0n) is 18.2. The number of para-hydroxylation sites is 1. The van der Waals surface area contributed by atoms with E-state index in [1.165, 1.54) is 18.0 Å². The lowest BCUT2D eigenvalue weighted by Gasteiger charge is -2.36. The molecule has 0 atom stereocenters. The van der Waals surface area contributed by atoms with Crippen molar-refractivity contribution in [3.8, 4) is 0 Å². The predicted molar refractivity (Wildman–Crippen MR) is 128 cm³/mol. The predicted octanol–water partition coefficient (Wildman–Crippen LogP) is 4.65. The summed E-state index contributed by atoms with van der Waals surface area (Å²) in [6, 6.07) is 21.5. The minimum atomic E-state index is -2.63. The van der Waals surface area contributed by atoms with Crippen LogP contribution in [0.2, 0.25) is 0 Å². The van der Waals surface area contributed by atoms with Crippen LogP contribution in [-0.4, -0.2) is 47.7 Å². The zero-order valence-corrected chi connectivity index (χ0v) is 19.0. The summed E-state index contributed by atoms with van der Waals surface area (Å²) in [5.74, 6) is -3.04. The van der Waals surface area contributed by atoms with Crippen LogP contribution >= 0.6 is 11.8 Å². The topological polar surface area (TPSA) is 48.5 Å². The number of carbonyl (C=O) groups is 1. The first-order valence-corrected chi connectivity index (χ1v) is 11.8. The number of benzene rings is 2. The van der Waals surface area contributed by atoms with Gasteiger partial charge in [-0.2, -0.15) is 8.78 Å². The fourth-order valence-corrected chi connectivity index (χ4v) is 4.52. The van der Waals surface area contributed by atoms with E-state index in [0.717, 1.165) is 43.9 Å². The Labute approximate surface area is 196 Å². The van der Waals surface area contributed by atoms with Crippen LogP contribution < -0.4 is 10.2 Å². The second kappa shape index (κ2) is 11.2. The quantitative estimate of drug-likeness (QED) is 0.488. The van der Waals surface area contributed by atoms with Crippen molar-refractivity contribution in [3.05, 3.63) is 89.6 Å². The van der Waals surface area contributed by atoms with Gasteiger partial charge in [0.05, 0.1) is 5.56 Å². The SMILES string of the molecule is O=C(NCc1ccccc1CN1CCN(c2ccccc2)CC1)c1cccnc1SC(F)F. The molecule has 8 heteroatoms. The van der Waals surface area contributed by atoms with Gasteiger partial charge in [0.1, 0.15) is 5.03 Å². The average Bonchev–Trinajstić information content (AvgIpc) is 2.84. The van der Waals surface area contributed by atoms with Crippen LogP contribution in [0.15, 0.2) is 78.0 Å². The number of alkyl halides is 2. The number of amides is 1. The van der Waals surface area contributed by atoms with Crippen molar-refractivity contribution >= 4 is 23.4 Å². The number of aromatic nitrogens is 1. The molecular weight excluding hydrogens is 442 g/mol. The number of anilines is 1. The fraction of sp³-hybridized carbons (Fsp3) is 0.280. The Morgan fingerprint density at radius 2 is 1.64 bits per heavy atom. The van der Waals surface area contributed by atoms with Crippen molar-refractivity contribution in [3.63, 3.8) is 0 Å². The maximum absolute atomic E-state index is 12.8. The lowest BCUT2D eigenvalue weighted by Crippen LogP contribution is -2.46. The van der Waals surface area contributed by atoms with Crippen molar-refractivity contribution in [2.45, 2.75) is 23.9 Å². The molecule has 0 saturated carbocycles. The van der Waals surface area contributed by atoms with E-state index in [1.807, 2.05) is 24.3 Å². The molecule has 1 aliphatic heterocycles. The molecule has 1 aromatic heterocycles. The highest BCUT2D eigenvalue weighted by molar-refractivity contribution is 7.99. The Morgan fingerprint density at radius 3 is 2.36 bits per heavy atom. The highest BCUT2D eigenvalue weighted by Gasteiger charge is 2.19. The summed E-state index contributed by atoms with van der Waals surface area (Å²) in [6.45, 7) is 4.97. The summed E-state index contributed by atoms with van der Waals surface area (Å²) in [5, 5.41) is 2.91. The van der Waals surface area contributed by atoms with Crippen LogP contribution in [0.4, 0.5) is 14.5 Å². The number of thioether (sulfide) groups is 1. The summed E-state index contributed by atoms with van der Waals surface area (Å²) < 4.78 is 25.6. The number of carbonyl (C=O) groups excluding carboxylic acids is 1. The lowest BCUT2D eigenvalue weighted by atomic mass is 10.1. The summed E-state index contributed by atoms with van der Waals surface area (Å²) in [7, 11) is 0. The number of hydrogen-bond acceptors (Lipinski definition) is 5. The van der Waals surface area contributed by atoms with Gasteiger partial charge in [0.2, 0.25) is 0 Å². The summed E-state index contributed by atoms with van der Waals surface area (Å²) >= 11 is 0.284. The Morgan fingerprint density at radius 1 is 0.939 bits per heavy atom. The molecule has 0 unspecified atom stereocenters. The average molecular weight is 469 g/mol. The number of nitrogens with zero attached hydrogens (tertiary/aromatic N) is 3. The molecule has 0 spiro atoms. The van der Waals surface area contributed by atoms with E-state index in [4.69, 9.17) is 0 Å². The molecule has 1 fully saturated rings. The molecule has 0 aliphatic carbocycles. The van der Waals surface area contributed by atoms with Gasteiger partial charge in [0.25, 0.3) is 11.7 Å². The molecule has 4 rings (SSSR count). The minimum absolute atomic E-state index is 0.0366. The van der Waals surface area contributed by atoms with E-state index in [-0.39, 0.29) is 22.4 Å². The molecule has 3 aromatic rings. The first kappa shape index (κ1) is 23.2. The molecule has 0 radical (unpaired) electrons. The van der Waals surface area contributed by atoms with Crippen molar-refractivity contribution in [2.75, 3.05) is 31.1 Å². The van der Waals surface area contributed by atoms with E-state index in [1.54, 1.807) is 6.07 Å². The van der Waals surface area contributed by atoms with Gasteiger partial charge in [0, 0.05) is 51.2 Å². The molecular formula is C25H26F2N4OS. The number of hydrogen-bond donors (Lipinski definition) is 1. The molecule has 1 amide bonds. The maximum atomic E-state index is 12.8. The second-order valence-corrected chi connectivity index (χ2v) is 8.76. The largest absolute Gasteiger partial charge is 0.369 e. The van der Waals surface area contributed by atoms with Crippen LogP contribution in [0.25, 0.3) is 0 Å². The van der Waals surface area contributed by atoms with Gasteiger partial charge >= 0.3 is 0 Å². The number of nitrogens with one attached hydrogen (secondary N) is 1. The van der Waals surface area contributed by atoms with Gasteiger partial charge < -0.3 is 10.2 Å². The molecule has 2 aromatic carbocycles. The Hall–Kier alpha value is -2.97. The van der Waals surface area contributed by atoms with E-state index >= 15 is 0 Å². The molecule has 1 N–H and O–H groups in total. The molecule has 5 nitrogen and oxygen atoms in total. The number of pyridine rings is 1. The molecule has 0 bridgehead atoms. The molecule has 2 heterocycles. The Bertz CT molecular complexity index is 1060. The van der Waals surface area contributed by atoms with E-state index in [9.17, 15) is 13.6 Å². The maximum Gasteiger partial charge on any atom is 0.290 e. The van der Waals surface area contributed by atoms with Crippen molar-refractivity contribution in [1.82, 2.24) is 15.2 Å². The van der Waals surface area contributed by atoms with E-state index in [0.29, 0.717) is 6.54 Å². The molecule has 1 saturated heterocycles. The summed E-state index contributed by atoms with van der Waals surface area (Å²) in [4.78, 5) is 21.4. The van der Waals surface area contributed by atoms with Gasteiger partial charge in [0.15, 0.2) is 0 Å². The Kier molecular flexibility index (Phi) is 7.91. The van der Waals surface area contributed by atoms with Crippen LogP contribution in [0.5, 0.6) is 0 Å². The van der Waals surface area contributed by atoms with Crippen LogP contribution in [0, 0.1) is 0 Å². The summed E-state index contributed by atoms with van der Waals surface area (Å²) in [5.41, 5.74) is 3.58. The fourth-order valence-electron chi connectivity index (χ4n) is 3.94. The van der Waals surface area contributed by atoms with Crippen LogP contribution in [-0.2, 0) is 13.1 Å². The third-order valence-corrected chi connectivity index (χ3v) is 6.39. The molecule has 172 valence electrons. The first-order chi connectivity index (χ1) is 16.1. The van der Waals surface area contributed by atoms with E-state index in [2.05, 4.69) is 50.4 Å². The molecule has 1 aliphatic rings. The van der Waals surface area contributed by atoms with E-state index < -0.39 is 11.7 Å². The number of halogens is 2. The van der Waals surface area contributed by atoms with Crippen molar-refractivity contribution < 1.29 is 13.6 Å². The van der Waals surface area contributed by atoms with Gasteiger partial charge in [-0.05, 0) is 47.2 Å². The minimum Gasteiger partial charge on any atom is -0.369 e. The highest BCUT2D eigenvalue weighted by Crippen LogP contribution is 2.26. The number of piperazine rings is 1. The van der Waals surface area contributed by atoms with Gasteiger partial charge in [-0.15, -0.1) is 0 Å². The van der Waals surface area contributed by atoms with Gasteiger partial charge in [-0.3, -0.25) is 9.69 Å². The third kappa shape index (κ3) is 6.30. The standard InChI is InChI=1S/C25H26F2N4OS/c26-25(27)33-24-22(11-6-12-28-24)23(32)29-17-19-7-4-5-8-20(19)18-30-13-15-31(16-14-30)21-9-2-1-3-10-21/h1-12,25H,13-18H2,(H,29,32).